The molecule has 0 heterocycles. The zero-order chi connectivity index (χ0) is 13.8. The van der Waals surface area contributed by atoms with E-state index in [4.69, 9.17) is 10.5 Å². The van der Waals surface area contributed by atoms with Gasteiger partial charge in [-0.3, -0.25) is 0 Å². The van der Waals surface area contributed by atoms with Crippen LogP contribution in [0, 0.1) is 28.5 Å². The fourth-order valence-corrected chi connectivity index (χ4v) is 1.83. The zero-order valence-electron chi connectivity index (χ0n) is 10.3. The van der Waals surface area contributed by atoms with Crippen LogP contribution in [0.4, 0.5) is 15.8 Å². The first-order valence-corrected chi connectivity index (χ1v) is 5.59. The predicted octanol–water partition coefficient (Wildman–Crippen LogP) is 3.34. The fourth-order valence-electron chi connectivity index (χ4n) is 1.83. The molecule has 0 saturated heterocycles. The molecule has 3 nitrogen and oxygen atoms in total. The van der Waals surface area contributed by atoms with Crippen molar-refractivity contribution in [2.45, 2.75) is 0 Å². The highest BCUT2D eigenvalue weighted by atomic mass is 19.1. The van der Waals surface area contributed by atoms with Gasteiger partial charge in [-0.15, -0.1) is 0 Å². The summed E-state index contributed by atoms with van der Waals surface area (Å²) in [6, 6.07) is 15.1. The van der Waals surface area contributed by atoms with E-state index in [9.17, 15) is 4.39 Å². The largest absolute Gasteiger partial charge is 0.343 e. The van der Waals surface area contributed by atoms with Crippen LogP contribution in [-0.2, 0) is 0 Å². The Balaban J connectivity index is 2.51. The van der Waals surface area contributed by atoms with Crippen molar-refractivity contribution in [2.75, 3.05) is 11.9 Å². The summed E-state index contributed by atoms with van der Waals surface area (Å²) in [4.78, 5) is 1.68. The highest BCUT2D eigenvalue weighted by Crippen LogP contribution is 2.27. The Labute approximate surface area is 110 Å². The number of hydrogen-bond donors (Lipinski definition) is 0. The molecule has 2 aromatic carbocycles. The second kappa shape index (κ2) is 5.20. The third-order valence-electron chi connectivity index (χ3n) is 2.78. The van der Waals surface area contributed by atoms with E-state index in [1.54, 1.807) is 42.3 Å². The number of hydrogen-bond acceptors (Lipinski definition) is 3. The summed E-state index contributed by atoms with van der Waals surface area (Å²) in [7, 11) is 1.73. The third kappa shape index (κ3) is 2.53. The number of rotatable bonds is 2. The van der Waals surface area contributed by atoms with E-state index in [2.05, 4.69) is 6.07 Å². The van der Waals surface area contributed by atoms with Gasteiger partial charge >= 0.3 is 0 Å². The Morgan fingerprint density at radius 2 is 1.79 bits per heavy atom. The molecule has 0 aromatic heterocycles. The lowest BCUT2D eigenvalue weighted by Gasteiger charge is -2.20. The first-order chi connectivity index (χ1) is 9.15. The standard InChI is InChI=1S/C15H10FN3/c1-19(15-5-3-2-4-12(15)10-18)14-7-11(9-17)6-13(16)8-14/h2-8H,1H3. The molecule has 0 fully saturated rings. The van der Waals surface area contributed by atoms with Crippen molar-refractivity contribution >= 4 is 11.4 Å². The Kier molecular flexibility index (Phi) is 3.45. The molecule has 0 amide bonds. The van der Waals surface area contributed by atoms with E-state index in [0.29, 0.717) is 16.9 Å². The van der Waals surface area contributed by atoms with Gasteiger partial charge in [0.25, 0.3) is 0 Å². The molecule has 4 heteroatoms. The van der Waals surface area contributed by atoms with Crippen LogP contribution in [0.1, 0.15) is 11.1 Å². The molecule has 0 aliphatic carbocycles. The molecule has 0 aliphatic rings. The second-order valence-corrected chi connectivity index (χ2v) is 4.00. The van der Waals surface area contributed by atoms with Crippen molar-refractivity contribution in [2.24, 2.45) is 0 Å². The maximum Gasteiger partial charge on any atom is 0.126 e. The number of para-hydroxylation sites is 1. The summed E-state index contributed by atoms with van der Waals surface area (Å²) >= 11 is 0. The van der Waals surface area contributed by atoms with Crippen LogP contribution in [-0.4, -0.2) is 7.05 Å². The van der Waals surface area contributed by atoms with Gasteiger partial charge in [0.15, 0.2) is 0 Å². The Morgan fingerprint density at radius 1 is 1.05 bits per heavy atom. The number of anilines is 2. The smallest absolute Gasteiger partial charge is 0.126 e. The molecular weight excluding hydrogens is 241 g/mol. The van der Waals surface area contributed by atoms with Crippen LogP contribution in [0.3, 0.4) is 0 Å². The van der Waals surface area contributed by atoms with Gasteiger partial charge in [-0.25, -0.2) is 4.39 Å². The van der Waals surface area contributed by atoms with Crippen LogP contribution in [0.25, 0.3) is 0 Å². The van der Waals surface area contributed by atoms with Gasteiger partial charge in [0, 0.05) is 12.7 Å². The van der Waals surface area contributed by atoms with Crippen LogP contribution < -0.4 is 4.90 Å². The minimum absolute atomic E-state index is 0.247. The lowest BCUT2D eigenvalue weighted by molar-refractivity contribution is 0.627. The first-order valence-electron chi connectivity index (χ1n) is 5.59. The van der Waals surface area contributed by atoms with E-state index in [0.717, 1.165) is 0 Å². The highest BCUT2D eigenvalue weighted by molar-refractivity contribution is 5.69. The maximum atomic E-state index is 13.4. The Morgan fingerprint density at radius 3 is 2.47 bits per heavy atom. The van der Waals surface area contributed by atoms with Crippen molar-refractivity contribution in [1.82, 2.24) is 0 Å². The molecule has 0 radical (unpaired) electrons. The molecular formula is C15H10FN3. The van der Waals surface area contributed by atoms with Crippen molar-refractivity contribution in [1.29, 1.82) is 10.5 Å². The quantitative estimate of drug-likeness (QED) is 0.822. The topological polar surface area (TPSA) is 50.8 Å². The van der Waals surface area contributed by atoms with Crippen LogP contribution in [0.15, 0.2) is 42.5 Å². The SMILES string of the molecule is CN(c1cc(F)cc(C#N)c1)c1ccccc1C#N. The predicted molar refractivity (Wildman–Crippen MR) is 70.3 cm³/mol. The fraction of sp³-hybridized carbons (Fsp3) is 0.0667. The summed E-state index contributed by atoms with van der Waals surface area (Å²) in [5, 5.41) is 17.9. The van der Waals surface area contributed by atoms with Gasteiger partial charge in [0.05, 0.1) is 22.9 Å². The van der Waals surface area contributed by atoms with Crippen molar-refractivity contribution in [3.8, 4) is 12.1 Å². The van der Waals surface area contributed by atoms with E-state index >= 15 is 0 Å². The summed E-state index contributed by atoms with van der Waals surface area (Å²) in [5.41, 5.74) is 1.93. The summed E-state index contributed by atoms with van der Waals surface area (Å²) < 4.78 is 13.4. The van der Waals surface area contributed by atoms with E-state index in [-0.39, 0.29) is 5.56 Å². The van der Waals surface area contributed by atoms with E-state index in [1.165, 1.54) is 12.1 Å². The third-order valence-corrected chi connectivity index (χ3v) is 2.78. The monoisotopic (exact) mass is 251 g/mol. The summed E-state index contributed by atoms with van der Waals surface area (Å²) in [6.07, 6.45) is 0. The van der Waals surface area contributed by atoms with Gasteiger partial charge in [0.2, 0.25) is 0 Å². The van der Waals surface area contributed by atoms with Gasteiger partial charge in [-0.05, 0) is 30.3 Å². The molecule has 2 aromatic rings. The number of nitrogens with zero attached hydrogens (tertiary/aromatic N) is 3. The molecule has 2 rings (SSSR count). The number of nitriles is 2. The first kappa shape index (κ1) is 12.6. The summed E-state index contributed by atoms with van der Waals surface area (Å²) in [6.45, 7) is 0. The van der Waals surface area contributed by atoms with E-state index in [1.807, 2.05) is 6.07 Å². The molecule has 0 atom stereocenters. The summed E-state index contributed by atoms with van der Waals surface area (Å²) in [5.74, 6) is -0.477. The Hall–Kier alpha value is -2.85. The van der Waals surface area contributed by atoms with Crippen LogP contribution >= 0.6 is 0 Å². The van der Waals surface area contributed by atoms with Crippen LogP contribution in [0.2, 0.25) is 0 Å². The molecule has 92 valence electrons. The Bertz CT molecular complexity index is 695. The van der Waals surface area contributed by atoms with Crippen molar-refractivity contribution in [3.63, 3.8) is 0 Å². The highest BCUT2D eigenvalue weighted by Gasteiger charge is 2.10. The second-order valence-electron chi connectivity index (χ2n) is 4.00. The molecule has 19 heavy (non-hydrogen) atoms. The average molecular weight is 251 g/mol. The lowest BCUT2D eigenvalue weighted by Crippen LogP contribution is -2.11. The van der Waals surface area contributed by atoms with Gasteiger partial charge < -0.3 is 4.90 Å². The lowest BCUT2D eigenvalue weighted by atomic mass is 10.1. The van der Waals surface area contributed by atoms with Gasteiger partial charge in [-0.2, -0.15) is 10.5 Å². The molecule has 0 unspecified atom stereocenters. The molecule has 0 saturated carbocycles. The maximum absolute atomic E-state index is 13.4. The normalized spacial score (nSPS) is 9.47. The van der Waals surface area contributed by atoms with Gasteiger partial charge in [-0.1, -0.05) is 12.1 Å². The average Bonchev–Trinajstić information content (AvgIpc) is 2.45. The van der Waals surface area contributed by atoms with Crippen molar-refractivity contribution < 1.29 is 4.39 Å². The minimum atomic E-state index is -0.477. The molecule has 0 aliphatic heterocycles. The van der Waals surface area contributed by atoms with Crippen LogP contribution in [0.5, 0.6) is 0 Å². The molecule has 0 spiro atoms. The molecule has 0 bridgehead atoms. The zero-order valence-corrected chi connectivity index (χ0v) is 10.3. The molecule has 0 N–H and O–H groups in total. The minimum Gasteiger partial charge on any atom is -0.343 e. The van der Waals surface area contributed by atoms with Gasteiger partial charge in [0.1, 0.15) is 11.9 Å². The number of benzene rings is 2. The number of halogens is 1. The van der Waals surface area contributed by atoms with E-state index < -0.39 is 5.82 Å². The van der Waals surface area contributed by atoms with Crippen molar-refractivity contribution in [3.05, 3.63) is 59.4 Å².